The van der Waals surface area contributed by atoms with Gasteiger partial charge in [-0.15, -0.1) is 11.8 Å². The number of nitrogens with one attached hydrogen (secondary N) is 1. The van der Waals surface area contributed by atoms with Crippen LogP contribution in [-0.4, -0.2) is 61.7 Å². The number of likely N-dealkylation sites (tertiary alicyclic amines) is 1. The maximum Gasteiger partial charge on any atom is 0.237 e. The fourth-order valence-corrected chi connectivity index (χ4v) is 7.21. The molecule has 2 saturated heterocycles. The normalized spacial score (nSPS) is 24.6. The fourth-order valence-electron chi connectivity index (χ4n) is 4.32. The summed E-state index contributed by atoms with van der Waals surface area (Å²) < 4.78 is 56.4. The number of carbonyl (C=O) groups is 1. The molecule has 0 unspecified atom stereocenters. The number of thioether (sulfide) groups is 1. The van der Waals surface area contributed by atoms with Gasteiger partial charge in [0.1, 0.15) is 17.4 Å². The van der Waals surface area contributed by atoms with Crippen LogP contribution in [0.4, 0.5) is 8.78 Å². The van der Waals surface area contributed by atoms with Gasteiger partial charge in [-0.05, 0) is 43.2 Å². The predicted molar refractivity (Wildman–Crippen MR) is 123 cm³/mol. The van der Waals surface area contributed by atoms with Crippen LogP contribution in [0.1, 0.15) is 18.4 Å². The van der Waals surface area contributed by atoms with Crippen molar-refractivity contribution in [1.29, 1.82) is 0 Å². The molecule has 2 fully saturated rings. The molecule has 2 aromatic rings. The maximum atomic E-state index is 14.3. The molecular formula is C23H26F2N2O4S2. The topological polar surface area (TPSA) is 75.7 Å². The van der Waals surface area contributed by atoms with Crippen LogP contribution >= 0.6 is 11.8 Å². The number of carbonyl (C=O) groups excluding carboxylic acids is 1. The van der Waals surface area contributed by atoms with Gasteiger partial charge >= 0.3 is 0 Å². The van der Waals surface area contributed by atoms with E-state index in [0.29, 0.717) is 24.9 Å². The number of hydrogen-bond donors (Lipinski definition) is 1. The van der Waals surface area contributed by atoms with Gasteiger partial charge in [-0.3, -0.25) is 9.69 Å². The number of ether oxygens (including phenoxy) is 1. The smallest absolute Gasteiger partial charge is 0.237 e. The lowest BCUT2D eigenvalue weighted by Crippen LogP contribution is -2.47. The van der Waals surface area contributed by atoms with Crippen LogP contribution in [0.3, 0.4) is 0 Å². The highest BCUT2D eigenvalue weighted by Crippen LogP contribution is 2.35. The summed E-state index contributed by atoms with van der Waals surface area (Å²) in [5.74, 6) is -0.782. The first-order valence-corrected chi connectivity index (χ1v) is 13.4. The number of benzene rings is 2. The van der Waals surface area contributed by atoms with Crippen molar-refractivity contribution >= 4 is 27.5 Å². The zero-order valence-electron chi connectivity index (χ0n) is 18.2. The maximum absolute atomic E-state index is 14.3. The van der Waals surface area contributed by atoms with Gasteiger partial charge in [0.15, 0.2) is 9.84 Å². The molecule has 2 aliphatic heterocycles. The number of amides is 1. The van der Waals surface area contributed by atoms with Crippen LogP contribution in [0, 0.1) is 11.6 Å². The lowest BCUT2D eigenvalue weighted by molar-refractivity contribution is -0.126. The average molecular weight is 497 g/mol. The molecule has 4 rings (SSSR count). The van der Waals surface area contributed by atoms with Crippen LogP contribution in [0.15, 0.2) is 47.4 Å². The minimum absolute atomic E-state index is 0.0535. The Morgan fingerprint density at radius 3 is 2.61 bits per heavy atom. The molecule has 0 radical (unpaired) electrons. The van der Waals surface area contributed by atoms with Crippen LogP contribution in [0.5, 0.6) is 5.75 Å². The van der Waals surface area contributed by atoms with Crippen LogP contribution in [0.2, 0.25) is 0 Å². The lowest BCUT2D eigenvalue weighted by Gasteiger charge is -2.25. The highest BCUT2D eigenvalue weighted by molar-refractivity contribution is 8.00. The summed E-state index contributed by atoms with van der Waals surface area (Å²) in [4.78, 5) is 16.0. The van der Waals surface area contributed by atoms with Gasteiger partial charge < -0.3 is 10.1 Å². The summed E-state index contributed by atoms with van der Waals surface area (Å²) in [7, 11) is -1.52. The Kier molecular flexibility index (Phi) is 7.25. The summed E-state index contributed by atoms with van der Waals surface area (Å²) in [5, 5.41) is 2.95. The number of sulfone groups is 1. The first-order chi connectivity index (χ1) is 15.7. The number of rotatable bonds is 7. The van der Waals surface area contributed by atoms with E-state index in [4.69, 9.17) is 4.74 Å². The first kappa shape index (κ1) is 24.0. The van der Waals surface area contributed by atoms with E-state index in [-0.39, 0.29) is 29.2 Å². The zero-order valence-corrected chi connectivity index (χ0v) is 19.8. The second-order valence-corrected chi connectivity index (χ2v) is 12.0. The molecule has 3 atom stereocenters. The van der Waals surface area contributed by atoms with Crippen LogP contribution in [-0.2, 0) is 21.2 Å². The van der Waals surface area contributed by atoms with Crippen molar-refractivity contribution in [2.45, 2.75) is 41.6 Å². The molecule has 1 N–H and O–H groups in total. The summed E-state index contributed by atoms with van der Waals surface area (Å²) >= 11 is 1.63. The van der Waals surface area contributed by atoms with E-state index in [0.717, 1.165) is 16.7 Å². The highest BCUT2D eigenvalue weighted by Gasteiger charge is 2.39. The Morgan fingerprint density at radius 1 is 1.21 bits per heavy atom. The van der Waals surface area contributed by atoms with Crippen molar-refractivity contribution < 1.29 is 26.7 Å². The van der Waals surface area contributed by atoms with Gasteiger partial charge in [0.05, 0.1) is 24.7 Å². The standard InChI is InChI=1S/C23H26F2N2O4S2/c1-31-18-4-6-19(7-5-18)32-20-11-22(23(28)26-17-8-9-33(29,30)14-17)27(13-20)12-15-2-3-16(24)10-21(15)25/h2-7,10,17,20,22H,8-9,11-14H2,1H3,(H,26,28)/t17-,20-,22+/m1/s1. The van der Waals surface area contributed by atoms with Crippen molar-refractivity contribution in [3.05, 3.63) is 59.7 Å². The van der Waals surface area contributed by atoms with Gasteiger partial charge in [0.2, 0.25) is 5.91 Å². The van der Waals surface area contributed by atoms with Crippen molar-refractivity contribution in [2.75, 3.05) is 25.2 Å². The third kappa shape index (κ3) is 6.04. The zero-order chi connectivity index (χ0) is 23.6. The molecule has 1 amide bonds. The van der Waals surface area contributed by atoms with Gasteiger partial charge in [-0.25, -0.2) is 17.2 Å². The Balaban J connectivity index is 1.49. The van der Waals surface area contributed by atoms with E-state index in [1.165, 1.54) is 12.1 Å². The van der Waals surface area contributed by atoms with Crippen LogP contribution < -0.4 is 10.1 Å². The quantitative estimate of drug-likeness (QED) is 0.635. The minimum Gasteiger partial charge on any atom is -0.497 e. The van der Waals surface area contributed by atoms with E-state index in [2.05, 4.69) is 5.32 Å². The molecule has 2 aliphatic rings. The van der Waals surface area contributed by atoms with E-state index < -0.39 is 33.6 Å². The summed E-state index contributed by atoms with van der Waals surface area (Å²) in [6.07, 6.45) is 0.933. The Bertz CT molecular complexity index is 1110. The van der Waals surface area contributed by atoms with E-state index in [1.54, 1.807) is 18.9 Å². The molecule has 0 bridgehead atoms. The summed E-state index contributed by atoms with van der Waals surface area (Å²) in [6, 6.07) is 10.1. The Hall–Kier alpha value is -2.17. The molecule has 0 saturated carbocycles. The fraction of sp³-hybridized carbons (Fsp3) is 0.435. The van der Waals surface area contributed by atoms with Gasteiger partial charge in [0, 0.05) is 40.9 Å². The SMILES string of the molecule is COc1ccc(S[C@@H]2C[C@@H](C(=O)N[C@@H]3CCS(=O)(=O)C3)N(Cc3ccc(F)cc3F)C2)cc1. The number of halogens is 2. The largest absolute Gasteiger partial charge is 0.497 e. The molecule has 0 aromatic heterocycles. The molecule has 10 heteroatoms. The van der Waals surface area contributed by atoms with E-state index >= 15 is 0 Å². The minimum atomic E-state index is -3.12. The molecule has 0 aliphatic carbocycles. The van der Waals surface area contributed by atoms with Crippen molar-refractivity contribution in [3.8, 4) is 5.75 Å². The van der Waals surface area contributed by atoms with E-state index in [9.17, 15) is 22.0 Å². The van der Waals surface area contributed by atoms with Gasteiger partial charge in [0.25, 0.3) is 0 Å². The number of nitrogens with zero attached hydrogens (tertiary/aromatic N) is 1. The molecule has 178 valence electrons. The number of hydrogen-bond acceptors (Lipinski definition) is 6. The first-order valence-electron chi connectivity index (χ1n) is 10.7. The summed E-state index contributed by atoms with van der Waals surface area (Å²) in [5.41, 5.74) is 0.313. The molecule has 33 heavy (non-hydrogen) atoms. The highest BCUT2D eigenvalue weighted by atomic mass is 32.2. The van der Waals surface area contributed by atoms with E-state index in [1.807, 2.05) is 29.2 Å². The average Bonchev–Trinajstić information content (AvgIpc) is 3.32. The molecule has 2 heterocycles. The summed E-state index contributed by atoms with van der Waals surface area (Å²) in [6.45, 7) is 0.696. The van der Waals surface area contributed by atoms with Crippen LogP contribution in [0.25, 0.3) is 0 Å². The third-order valence-corrected chi connectivity index (χ3v) is 8.98. The van der Waals surface area contributed by atoms with Crippen molar-refractivity contribution in [1.82, 2.24) is 10.2 Å². The Morgan fingerprint density at radius 2 is 1.97 bits per heavy atom. The lowest BCUT2D eigenvalue weighted by atomic mass is 10.1. The second-order valence-electron chi connectivity index (χ2n) is 8.44. The van der Waals surface area contributed by atoms with Crippen molar-refractivity contribution in [3.63, 3.8) is 0 Å². The molecular weight excluding hydrogens is 470 g/mol. The monoisotopic (exact) mass is 496 g/mol. The Labute approximate surface area is 196 Å². The molecule has 0 spiro atoms. The predicted octanol–water partition coefficient (Wildman–Crippen LogP) is 3.01. The molecule has 6 nitrogen and oxygen atoms in total. The van der Waals surface area contributed by atoms with Gasteiger partial charge in [-0.2, -0.15) is 0 Å². The third-order valence-electron chi connectivity index (χ3n) is 6.00. The number of methoxy groups -OCH3 is 1. The van der Waals surface area contributed by atoms with Crippen molar-refractivity contribution in [2.24, 2.45) is 0 Å². The van der Waals surface area contributed by atoms with Gasteiger partial charge in [-0.1, -0.05) is 6.07 Å². The second kappa shape index (κ2) is 9.99. The molecule has 2 aromatic carbocycles.